The number of carbonyl (C=O) groups excluding carboxylic acids is 1. The highest BCUT2D eigenvalue weighted by Crippen LogP contribution is 2.40. The van der Waals surface area contributed by atoms with Crippen LogP contribution in [0.1, 0.15) is 0 Å². The quantitative estimate of drug-likeness (QED) is 0.380. The first-order chi connectivity index (χ1) is 16.7. The summed E-state index contributed by atoms with van der Waals surface area (Å²) in [5, 5.41) is 0.666. The van der Waals surface area contributed by atoms with Gasteiger partial charge in [0.15, 0.2) is 29.4 Å². The second-order valence-corrected chi connectivity index (χ2v) is 8.43. The molecule has 178 valence electrons. The zero-order chi connectivity index (χ0) is 24.9. The standard InChI is InChI=1S/C25H21F2N5O3/c1-30(2)21(33)12-32-13-29-23-19(32)6-5-16(24(23)35-20-7-4-14(26)10-18(20)27)17-11-31(3)25(34)22-15(17)8-9-28-22/h4-11,13H,12H2,1-3H3,(H,28,34)/p+1. The van der Waals surface area contributed by atoms with Gasteiger partial charge >= 0.3 is 0 Å². The molecule has 0 saturated carbocycles. The van der Waals surface area contributed by atoms with Crippen LogP contribution in [0.2, 0.25) is 0 Å². The number of aromatic nitrogens is 4. The number of halogens is 2. The van der Waals surface area contributed by atoms with Gasteiger partial charge in [-0.25, -0.2) is 18.3 Å². The van der Waals surface area contributed by atoms with Crippen molar-refractivity contribution in [1.29, 1.82) is 0 Å². The van der Waals surface area contributed by atoms with Crippen molar-refractivity contribution in [2.24, 2.45) is 7.05 Å². The number of nitrogens with zero attached hydrogens (tertiary/aromatic N) is 3. The number of pyridine rings is 1. The van der Waals surface area contributed by atoms with Crippen LogP contribution in [0.15, 0.2) is 59.9 Å². The molecular formula is C25H22F2N5O3+. The van der Waals surface area contributed by atoms with Crippen molar-refractivity contribution in [2.45, 2.75) is 6.54 Å². The first-order valence-electron chi connectivity index (χ1n) is 10.8. The zero-order valence-corrected chi connectivity index (χ0v) is 19.2. The van der Waals surface area contributed by atoms with E-state index in [2.05, 4.69) is 9.97 Å². The lowest BCUT2D eigenvalue weighted by Gasteiger charge is -2.14. The molecule has 3 heterocycles. The molecule has 0 fully saturated rings. The van der Waals surface area contributed by atoms with E-state index in [9.17, 15) is 18.4 Å². The molecule has 0 spiro atoms. The lowest BCUT2D eigenvalue weighted by atomic mass is 10.0. The number of fused-ring (bicyclic) bond motifs is 2. The lowest BCUT2D eigenvalue weighted by Crippen LogP contribution is -2.41. The molecule has 2 N–H and O–H groups in total. The number of H-pyrrole nitrogens is 2. The van der Waals surface area contributed by atoms with Crippen molar-refractivity contribution in [1.82, 2.24) is 19.4 Å². The molecule has 0 aliphatic heterocycles. The second-order valence-electron chi connectivity index (χ2n) is 8.43. The summed E-state index contributed by atoms with van der Waals surface area (Å²) in [7, 11) is 4.98. The third-order valence-corrected chi connectivity index (χ3v) is 5.90. The fourth-order valence-corrected chi connectivity index (χ4v) is 4.05. The molecular weight excluding hydrogens is 456 g/mol. The molecule has 35 heavy (non-hydrogen) atoms. The van der Waals surface area contributed by atoms with Gasteiger partial charge in [0.05, 0.1) is 0 Å². The molecule has 0 aliphatic carbocycles. The van der Waals surface area contributed by atoms with E-state index in [-0.39, 0.29) is 29.5 Å². The van der Waals surface area contributed by atoms with Gasteiger partial charge in [0.2, 0.25) is 11.8 Å². The van der Waals surface area contributed by atoms with Crippen molar-refractivity contribution in [3.8, 4) is 22.6 Å². The van der Waals surface area contributed by atoms with Gasteiger partial charge in [-0.05, 0) is 30.3 Å². The monoisotopic (exact) mass is 478 g/mol. The predicted octanol–water partition coefficient (Wildman–Crippen LogP) is 3.46. The maximum absolute atomic E-state index is 14.6. The number of nitrogens with one attached hydrogen (secondary N) is 2. The van der Waals surface area contributed by atoms with E-state index in [1.54, 1.807) is 56.6 Å². The zero-order valence-electron chi connectivity index (χ0n) is 19.2. The molecule has 3 aromatic heterocycles. The summed E-state index contributed by atoms with van der Waals surface area (Å²) in [6, 6.07) is 8.46. The van der Waals surface area contributed by atoms with Gasteiger partial charge < -0.3 is 19.2 Å². The van der Waals surface area contributed by atoms with Gasteiger partial charge in [0.1, 0.15) is 11.3 Å². The summed E-state index contributed by atoms with van der Waals surface area (Å²) in [6.45, 7) is 0.0819. The molecule has 5 rings (SSSR count). The third-order valence-electron chi connectivity index (χ3n) is 5.90. The molecule has 0 atom stereocenters. The summed E-state index contributed by atoms with van der Waals surface area (Å²) in [5.41, 5.74) is 2.64. The molecule has 2 aromatic carbocycles. The number of carbonyl (C=O) groups is 1. The smallest absolute Gasteiger partial charge is 0.274 e. The molecule has 0 unspecified atom stereocenters. The van der Waals surface area contributed by atoms with Crippen LogP contribution in [0.4, 0.5) is 8.78 Å². The molecule has 0 radical (unpaired) electrons. The van der Waals surface area contributed by atoms with E-state index in [1.165, 1.54) is 15.5 Å². The fourth-order valence-electron chi connectivity index (χ4n) is 4.05. The highest BCUT2D eigenvalue weighted by atomic mass is 19.1. The van der Waals surface area contributed by atoms with Crippen molar-refractivity contribution in [3.63, 3.8) is 0 Å². The summed E-state index contributed by atoms with van der Waals surface area (Å²) < 4.78 is 37.3. The summed E-state index contributed by atoms with van der Waals surface area (Å²) in [6.07, 6.45) is 4.99. The Labute approximate surface area is 198 Å². The van der Waals surface area contributed by atoms with E-state index in [4.69, 9.17) is 4.74 Å². The summed E-state index contributed by atoms with van der Waals surface area (Å²) in [5.74, 6) is -1.59. The normalized spacial score (nSPS) is 11.3. The average molecular weight is 478 g/mol. The fraction of sp³-hybridized carbons (Fsp3) is 0.160. The molecule has 0 bridgehead atoms. The van der Waals surface area contributed by atoms with Crippen LogP contribution in [-0.4, -0.2) is 39.4 Å². The minimum atomic E-state index is -0.859. The molecule has 0 saturated heterocycles. The Bertz CT molecular complexity index is 1670. The van der Waals surface area contributed by atoms with E-state index in [0.29, 0.717) is 33.1 Å². The Hall–Kier alpha value is -4.47. The summed E-state index contributed by atoms with van der Waals surface area (Å²) in [4.78, 5) is 32.5. The van der Waals surface area contributed by atoms with E-state index >= 15 is 0 Å². The van der Waals surface area contributed by atoms with Crippen molar-refractivity contribution in [3.05, 3.63) is 77.1 Å². The van der Waals surface area contributed by atoms with Gasteiger partial charge in [0.25, 0.3) is 11.5 Å². The number of hydrogen-bond acceptors (Lipinski definition) is 3. The number of imidazole rings is 1. The number of aromatic amines is 2. The Morgan fingerprint density at radius 1 is 1.09 bits per heavy atom. The Balaban J connectivity index is 1.76. The number of hydrogen-bond donors (Lipinski definition) is 2. The minimum absolute atomic E-state index is 0.0819. The molecule has 0 aliphatic rings. The van der Waals surface area contributed by atoms with Gasteiger partial charge in [-0.3, -0.25) is 9.59 Å². The molecule has 8 nitrogen and oxygen atoms in total. The Morgan fingerprint density at radius 3 is 2.63 bits per heavy atom. The van der Waals surface area contributed by atoms with Crippen molar-refractivity contribution in [2.75, 3.05) is 14.1 Å². The molecule has 10 heteroatoms. The van der Waals surface area contributed by atoms with Crippen LogP contribution < -0.4 is 14.9 Å². The molecule has 5 aromatic rings. The Kier molecular flexibility index (Phi) is 5.35. The van der Waals surface area contributed by atoms with Gasteiger partial charge in [-0.15, -0.1) is 0 Å². The van der Waals surface area contributed by atoms with Crippen molar-refractivity contribution < 1.29 is 22.9 Å². The van der Waals surface area contributed by atoms with Gasteiger partial charge in [-0.1, -0.05) is 0 Å². The van der Waals surface area contributed by atoms with Gasteiger partial charge in [-0.2, -0.15) is 0 Å². The highest BCUT2D eigenvalue weighted by Gasteiger charge is 2.24. The van der Waals surface area contributed by atoms with Gasteiger partial charge in [0, 0.05) is 56.1 Å². The van der Waals surface area contributed by atoms with Crippen LogP contribution in [0.3, 0.4) is 0 Å². The van der Waals surface area contributed by atoms with Crippen molar-refractivity contribution >= 4 is 27.8 Å². The van der Waals surface area contributed by atoms with E-state index in [1.807, 2.05) is 6.07 Å². The number of aryl methyl sites for hydroxylation is 1. The second kappa shape index (κ2) is 8.39. The first-order valence-corrected chi connectivity index (χ1v) is 10.8. The minimum Gasteiger partial charge on any atom is -0.449 e. The largest absolute Gasteiger partial charge is 0.449 e. The van der Waals surface area contributed by atoms with E-state index in [0.717, 1.165) is 12.1 Å². The SMILES string of the molecule is CN(C)C(=O)C[n+]1c[nH]c2c(Oc3ccc(F)cc3F)c(-c3cn(C)c(=O)c4[nH]ccc34)ccc21. The number of ether oxygens (including phenoxy) is 1. The topological polar surface area (TPSA) is 87.0 Å². The van der Waals surface area contributed by atoms with Crippen LogP contribution in [0.25, 0.3) is 33.1 Å². The third kappa shape index (κ3) is 3.82. The first kappa shape index (κ1) is 22.3. The van der Waals surface area contributed by atoms with E-state index < -0.39 is 11.6 Å². The number of benzene rings is 2. The highest BCUT2D eigenvalue weighted by molar-refractivity contribution is 5.99. The number of amides is 1. The van der Waals surface area contributed by atoms with Crippen LogP contribution >= 0.6 is 0 Å². The Morgan fingerprint density at radius 2 is 1.89 bits per heavy atom. The predicted molar refractivity (Wildman–Crippen MR) is 126 cm³/mol. The van der Waals surface area contributed by atoms with Crippen LogP contribution in [0, 0.1) is 11.6 Å². The number of rotatable bonds is 5. The maximum atomic E-state index is 14.6. The summed E-state index contributed by atoms with van der Waals surface area (Å²) >= 11 is 0. The molecule has 1 amide bonds. The van der Waals surface area contributed by atoms with Crippen LogP contribution in [-0.2, 0) is 18.4 Å². The lowest BCUT2D eigenvalue weighted by molar-refractivity contribution is -0.658. The maximum Gasteiger partial charge on any atom is 0.274 e. The average Bonchev–Trinajstić information content (AvgIpc) is 3.46. The number of likely N-dealkylation sites (N-methyl/N-ethyl adjacent to an activating group) is 1. The van der Waals surface area contributed by atoms with Crippen LogP contribution in [0.5, 0.6) is 11.5 Å².